The van der Waals surface area contributed by atoms with Crippen LogP contribution in [-0.4, -0.2) is 28.7 Å². The Hall–Kier alpha value is -0.770. The predicted molar refractivity (Wildman–Crippen MR) is 61.2 cm³/mol. The zero-order chi connectivity index (χ0) is 10.7. The van der Waals surface area contributed by atoms with Crippen molar-refractivity contribution in [3.8, 4) is 0 Å². The van der Waals surface area contributed by atoms with Crippen LogP contribution in [-0.2, 0) is 0 Å². The van der Waals surface area contributed by atoms with Crippen molar-refractivity contribution < 1.29 is 9.21 Å². The van der Waals surface area contributed by atoms with E-state index in [0.717, 1.165) is 24.7 Å². The molecule has 0 aliphatic heterocycles. The maximum atomic E-state index is 12.1. The smallest absolute Gasteiger partial charge is 0.257 e. The molecule has 0 unspecified atom stereocenters. The van der Waals surface area contributed by atoms with Gasteiger partial charge in [0.15, 0.2) is 0 Å². The van der Waals surface area contributed by atoms with E-state index >= 15 is 0 Å². The van der Waals surface area contributed by atoms with Gasteiger partial charge in [0.1, 0.15) is 6.26 Å². The van der Waals surface area contributed by atoms with Crippen molar-refractivity contribution in [2.45, 2.75) is 25.3 Å². The summed E-state index contributed by atoms with van der Waals surface area (Å²) in [5.41, 5.74) is 0.655. The van der Waals surface area contributed by atoms with Crippen molar-refractivity contribution >= 4 is 21.8 Å². The molecule has 0 bridgehead atoms. The first-order valence-electron chi connectivity index (χ1n) is 5.22. The quantitative estimate of drug-likeness (QED) is 0.789. The van der Waals surface area contributed by atoms with Crippen LogP contribution in [0.4, 0.5) is 0 Å². The number of nitrogens with zero attached hydrogens (tertiary/aromatic N) is 1. The summed E-state index contributed by atoms with van der Waals surface area (Å²) in [6.07, 6.45) is 6.57. The molecule has 1 aromatic rings. The molecule has 1 amide bonds. The highest BCUT2D eigenvalue weighted by molar-refractivity contribution is 9.09. The molecule has 1 aliphatic carbocycles. The lowest BCUT2D eigenvalue weighted by molar-refractivity contribution is 0.0599. The molecule has 1 fully saturated rings. The van der Waals surface area contributed by atoms with Gasteiger partial charge < -0.3 is 9.32 Å². The van der Waals surface area contributed by atoms with Crippen LogP contribution in [0.5, 0.6) is 0 Å². The maximum absolute atomic E-state index is 12.1. The lowest BCUT2D eigenvalue weighted by Gasteiger charge is -2.37. The minimum absolute atomic E-state index is 0.0906. The number of halogens is 1. The summed E-state index contributed by atoms with van der Waals surface area (Å²) in [7, 11) is 0. The van der Waals surface area contributed by atoms with Gasteiger partial charge in [-0.15, -0.1) is 0 Å². The number of hydrogen-bond donors (Lipinski definition) is 0. The fourth-order valence-electron chi connectivity index (χ4n) is 1.79. The monoisotopic (exact) mass is 271 g/mol. The third-order valence-corrected chi connectivity index (χ3v) is 3.22. The van der Waals surface area contributed by atoms with Gasteiger partial charge in [-0.1, -0.05) is 15.9 Å². The summed E-state index contributed by atoms with van der Waals surface area (Å²) in [4.78, 5) is 14.0. The van der Waals surface area contributed by atoms with Gasteiger partial charge in [-0.2, -0.15) is 0 Å². The maximum Gasteiger partial charge on any atom is 0.257 e. The third-order valence-electron chi connectivity index (χ3n) is 2.87. The Balaban J connectivity index is 2.06. The molecule has 1 heterocycles. The van der Waals surface area contributed by atoms with E-state index in [1.54, 1.807) is 12.3 Å². The van der Waals surface area contributed by atoms with E-state index < -0.39 is 0 Å². The SMILES string of the molecule is O=C(c1ccoc1)N(CCBr)C1CCC1. The minimum atomic E-state index is 0.0906. The first-order valence-corrected chi connectivity index (χ1v) is 6.34. The van der Waals surface area contributed by atoms with Crippen LogP contribution in [0, 0.1) is 0 Å². The fraction of sp³-hybridized carbons (Fsp3) is 0.545. The summed E-state index contributed by atoms with van der Waals surface area (Å²) in [6.45, 7) is 0.772. The molecule has 0 N–H and O–H groups in total. The molecule has 1 aromatic heterocycles. The number of alkyl halides is 1. The molecular formula is C11H14BrNO2. The van der Waals surface area contributed by atoms with E-state index in [-0.39, 0.29) is 5.91 Å². The van der Waals surface area contributed by atoms with Crippen LogP contribution in [0.25, 0.3) is 0 Å². The van der Waals surface area contributed by atoms with E-state index in [0.29, 0.717) is 11.6 Å². The molecule has 4 heteroatoms. The number of carbonyl (C=O) groups is 1. The summed E-state index contributed by atoms with van der Waals surface area (Å²) in [5.74, 6) is 0.0906. The van der Waals surface area contributed by atoms with Crippen molar-refractivity contribution in [2.75, 3.05) is 11.9 Å². The standard InChI is InChI=1S/C11H14BrNO2/c12-5-6-13(10-2-1-3-10)11(14)9-4-7-15-8-9/h4,7-8,10H,1-3,5-6H2. The highest BCUT2D eigenvalue weighted by Crippen LogP contribution is 2.26. The molecule has 1 aliphatic rings. The second kappa shape index (κ2) is 4.84. The van der Waals surface area contributed by atoms with Gasteiger partial charge >= 0.3 is 0 Å². The lowest BCUT2D eigenvalue weighted by atomic mass is 9.91. The topological polar surface area (TPSA) is 33.5 Å². The molecular weight excluding hydrogens is 258 g/mol. The summed E-state index contributed by atoms with van der Waals surface area (Å²) >= 11 is 3.39. The highest BCUT2D eigenvalue weighted by atomic mass is 79.9. The van der Waals surface area contributed by atoms with Gasteiger partial charge in [-0.05, 0) is 25.3 Å². The van der Waals surface area contributed by atoms with E-state index in [1.807, 2.05) is 4.90 Å². The van der Waals surface area contributed by atoms with Crippen molar-refractivity contribution in [1.82, 2.24) is 4.90 Å². The second-order valence-corrected chi connectivity index (χ2v) is 4.58. The molecule has 2 rings (SSSR count). The number of hydrogen-bond acceptors (Lipinski definition) is 2. The third kappa shape index (κ3) is 2.25. The number of amides is 1. The second-order valence-electron chi connectivity index (χ2n) is 3.78. The van der Waals surface area contributed by atoms with E-state index in [4.69, 9.17) is 4.42 Å². The van der Waals surface area contributed by atoms with Gasteiger partial charge in [-0.3, -0.25) is 4.79 Å². The van der Waals surface area contributed by atoms with Gasteiger partial charge in [0.25, 0.3) is 5.91 Å². The van der Waals surface area contributed by atoms with Gasteiger partial charge in [-0.25, -0.2) is 0 Å². The Kier molecular flexibility index (Phi) is 3.46. The van der Waals surface area contributed by atoms with Crippen molar-refractivity contribution in [1.29, 1.82) is 0 Å². The van der Waals surface area contributed by atoms with Gasteiger partial charge in [0.2, 0.25) is 0 Å². The average molecular weight is 272 g/mol. The Labute approximate surface area is 97.6 Å². The highest BCUT2D eigenvalue weighted by Gasteiger charge is 2.29. The summed E-state index contributed by atoms with van der Waals surface area (Å²) in [6, 6.07) is 2.16. The van der Waals surface area contributed by atoms with Crippen LogP contribution in [0.1, 0.15) is 29.6 Å². The normalized spacial score (nSPS) is 16.1. The molecule has 1 saturated carbocycles. The Morgan fingerprint density at radius 2 is 2.40 bits per heavy atom. The zero-order valence-corrected chi connectivity index (χ0v) is 10.1. The Morgan fingerprint density at radius 1 is 1.60 bits per heavy atom. The van der Waals surface area contributed by atoms with Crippen LogP contribution >= 0.6 is 15.9 Å². The Bertz CT molecular complexity index is 319. The van der Waals surface area contributed by atoms with E-state index in [2.05, 4.69) is 15.9 Å². The molecule has 0 aromatic carbocycles. The molecule has 15 heavy (non-hydrogen) atoms. The number of rotatable bonds is 4. The van der Waals surface area contributed by atoms with Crippen molar-refractivity contribution in [3.05, 3.63) is 24.2 Å². The lowest BCUT2D eigenvalue weighted by Crippen LogP contribution is -2.45. The molecule has 0 spiro atoms. The van der Waals surface area contributed by atoms with Gasteiger partial charge in [0.05, 0.1) is 11.8 Å². The van der Waals surface area contributed by atoms with Crippen LogP contribution in [0.3, 0.4) is 0 Å². The van der Waals surface area contributed by atoms with E-state index in [1.165, 1.54) is 12.7 Å². The Morgan fingerprint density at radius 3 is 2.87 bits per heavy atom. The van der Waals surface area contributed by atoms with E-state index in [9.17, 15) is 4.79 Å². The first-order chi connectivity index (χ1) is 7.33. The predicted octanol–water partition coefficient (Wildman–Crippen LogP) is 2.67. The molecule has 0 atom stereocenters. The average Bonchev–Trinajstić information content (AvgIpc) is 2.66. The molecule has 82 valence electrons. The molecule has 0 saturated heterocycles. The number of furan rings is 1. The first kappa shape index (κ1) is 10.7. The molecule has 3 nitrogen and oxygen atoms in total. The largest absolute Gasteiger partial charge is 0.472 e. The summed E-state index contributed by atoms with van der Waals surface area (Å²) < 4.78 is 4.94. The van der Waals surface area contributed by atoms with Crippen LogP contribution < -0.4 is 0 Å². The van der Waals surface area contributed by atoms with Crippen LogP contribution in [0.2, 0.25) is 0 Å². The molecule has 0 radical (unpaired) electrons. The zero-order valence-electron chi connectivity index (χ0n) is 8.49. The minimum Gasteiger partial charge on any atom is -0.472 e. The van der Waals surface area contributed by atoms with Crippen molar-refractivity contribution in [2.24, 2.45) is 0 Å². The van der Waals surface area contributed by atoms with Crippen molar-refractivity contribution in [3.63, 3.8) is 0 Å². The fourth-order valence-corrected chi connectivity index (χ4v) is 2.17. The van der Waals surface area contributed by atoms with Gasteiger partial charge in [0, 0.05) is 17.9 Å². The summed E-state index contributed by atoms with van der Waals surface area (Å²) in [5, 5.41) is 0.826. The van der Waals surface area contributed by atoms with Crippen LogP contribution in [0.15, 0.2) is 23.0 Å². The number of carbonyl (C=O) groups excluding carboxylic acids is 1.